The largest absolute Gasteiger partial charge is 0.360 e. The average molecular weight is 220 g/mol. The number of nitrogens with zero attached hydrogens (tertiary/aromatic N) is 1. The summed E-state index contributed by atoms with van der Waals surface area (Å²) in [5, 5.41) is 3.16. The SMILES string of the molecule is C=C(C)Nc1ccc2scnc2c1.CC. The minimum Gasteiger partial charge on any atom is -0.360 e. The van der Waals surface area contributed by atoms with E-state index in [1.54, 1.807) is 11.3 Å². The first-order valence-electron chi connectivity index (χ1n) is 5.01. The summed E-state index contributed by atoms with van der Waals surface area (Å²) in [5.74, 6) is 0. The molecule has 0 spiro atoms. The van der Waals surface area contributed by atoms with Crippen molar-refractivity contribution in [2.45, 2.75) is 20.8 Å². The summed E-state index contributed by atoms with van der Waals surface area (Å²) in [6, 6.07) is 6.13. The lowest BCUT2D eigenvalue weighted by Gasteiger charge is -2.03. The van der Waals surface area contributed by atoms with E-state index in [9.17, 15) is 0 Å². The third-order valence-corrected chi connectivity index (χ3v) is 2.50. The molecule has 0 aliphatic heterocycles. The van der Waals surface area contributed by atoms with E-state index < -0.39 is 0 Å². The van der Waals surface area contributed by atoms with Gasteiger partial charge in [0.25, 0.3) is 0 Å². The Hall–Kier alpha value is -1.35. The van der Waals surface area contributed by atoms with Crippen molar-refractivity contribution >= 4 is 27.2 Å². The van der Waals surface area contributed by atoms with Crippen molar-refractivity contribution in [1.29, 1.82) is 0 Å². The Morgan fingerprint density at radius 3 is 2.80 bits per heavy atom. The molecule has 1 heterocycles. The van der Waals surface area contributed by atoms with Gasteiger partial charge < -0.3 is 5.32 Å². The quantitative estimate of drug-likeness (QED) is 0.817. The number of allylic oxidation sites excluding steroid dienone is 1. The van der Waals surface area contributed by atoms with Gasteiger partial charge in [0.15, 0.2) is 0 Å². The smallest absolute Gasteiger partial charge is 0.0832 e. The summed E-state index contributed by atoms with van der Waals surface area (Å²) in [6.07, 6.45) is 0. The summed E-state index contributed by atoms with van der Waals surface area (Å²) in [4.78, 5) is 4.24. The van der Waals surface area contributed by atoms with Gasteiger partial charge >= 0.3 is 0 Å². The highest BCUT2D eigenvalue weighted by molar-refractivity contribution is 7.16. The molecule has 1 aromatic carbocycles. The number of thiazole rings is 1. The van der Waals surface area contributed by atoms with Gasteiger partial charge in [0.05, 0.1) is 15.7 Å². The van der Waals surface area contributed by atoms with Crippen LogP contribution >= 0.6 is 11.3 Å². The van der Waals surface area contributed by atoms with E-state index in [0.717, 1.165) is 16.9 Å². The van der Waals surface area contributed by atoms with Crippen LogP contribution in [0.5, 0.6) is 0 Å². The second kappa shape index (κ2) is 5.51. The maximum atomic E-state index is 4.24. The molecular formula is C12H16N2S. The Morgan fingerprint density at radius 1 is 1.40 bits per heavy atom. The molecule has 0 aliphatic rings. The van der Waals surface area contributed by atoms with Gasteiger partial charge in [0, 0.05) is 11.4 Å². The number of aromatic nitrogens is 1. The van der Waals surface area contributed by atoms with Gasteiger partial charge in [-0.1, -0.05) is 20.4 Å². The van der Waals surface area contributed by atoms with E-state index in [2.05, 4.69) is 22.9 Å². The first kappa shape index (κ1) is 11.7. The Kier molecular flexibility index (Phi) is 4.31. The van der Waals surface area contributed by atoms with Crippen LogP contribution in [0.25, 0.3) is 10.2 Å². The lowest BCUT2D eigenvalue weighted by molar-refractivity contribution is 1.40. The van der Waals surface area contributed by atoms with Gasteiger partial charge in [-0.25, -0.2) is 4.98 Å². The summed E-state index contributed by atoms with van der Waals surface area (Å²) in [6.45, 7) is 9.72. The van der Waals surface area contributed by atoms with Crippen LogP contribution in [0.2, 0.25) is 0 Å². The number of nitrogens with one attached hydrogen (secondary N) is 1. The third kappa shape index (κ3) is 3.06. The van der Waals surface area contributed by atoms with E-state index in [1.807, 2.05) is 38.4 Å². The molecule has 0 unspecified atom stereocenters. The lowest BCUT2D eigenvalue weighted by Crippen LogP contribution is -1.92. The fourth-order valence-corrected chi connectivity index (χ4v) is 1.84. The van der Waals surface area contributed by atoms with Crippen molar-refractivity contribution in [3.63, 3.8) is 0 Å². The van der Waals surface area contributed by atoms with Gasteiger partial charge in [-0.3, -0.25) is 0 Å². The Bertz CT molecular complexity index is 446. The van der Waals surface area contributed by atoms with Gasteiger partial charge in [0.2, 0.25) is 0 Å². The summed E-state index contributed by atoms with van der Waals surface area (Å²) >= 11 is 1.65. The number of hydrogen-bond donors (Lipinski definition) is 1. The molecule has 0 amide bonds. The Morgan fingerprint density at radius 2 is 2.13 bits per heavy atom. The molecule has 2 nitrogen and oxygen atoms in total. The molecule has 1 N–H and O–H groups in total. The maximum Gasteiger partial charge on any atom is 0.0832 e. The van der Waals surface area contributed by atoms with Gasteiger partial charge in [-0.2, -0.15) is 0 Å². The van der Waals surface area contributed by atoms with Crippen LogP contribution in [0.3, 0.4) is 0 Å². The van der Waals surface area contributed by atoms with E-state index in [0.29, 0.717) is 0 Å². The fraction of sp³-hybridized carbons (Fsp3) is 0.250. The minimum absolute atomic E-state index is 0.939. The highest BCUT2D eigenvalue weighted by Gasteiger charge is 1.97. The zero-order valence-corrected chi connectivity index (χ0v) is 10.2. The lowest BCUT2D eigenvalue weighted by atomic mass is 10.3. The molecule has 3 heteroatoms. The second-order valence-corrected chi connectivity index (χ2v) is 3.83. The number of benzene rings is 1. The number of hydrogen-bond acceptors (Lipinski definition) is 3. The van der Waals surface area contributed by atoms with Crippen molar-refractivity contribution in [2.24, 2.45) is 0 Å². The second-order valence-electron chi connectivity index (χ2n) is 2.94. The van der Waals surface area contributed by atoms with Crippen LogP contribution < -0.4 is 5.32 Å². The summed E-state index contributed by atoms with van der Waals surface area (Å²) in [5.41, 5.74) is 4.88. The Labute approximate surface area is 94.7 Å². The monoisotopic (exact) mass is 220 g/mol. The van der Waals surface area contributed by atoms with Gasteiger partial charge in [-0.05, 0) is 25.1 Å². The number of fused-ring (bicyclic) bond motifs is 1. The minimum atomic E-state index is 0.939. The summed E-state index contributed by atoms with van der Waals surface area (Å²) < 4.78 is 1.22. The number of anilines is 1. The number of rotatable bonds is 2. The third-order valence-electron chi connectivity index (χ3n) is 1.69. The van der Waals surface area contributed by atoms with Crippen molar-refractivity contribution in [2.75, 3.05) is 5.32 Å². The van der Waals surface area contributed by atoms with E-state index >= 15 is 0 Å². The molecule has 80 valence electrons. The summed E-state index contributed by atoms with van der Waals surface area (Å²) in [7, 11) is 0. The van der Waals surface area contributed by atoms with Crippen molar-refractivity contribution in [3.8, 4) is 0 Å². The topological polar surface area (TPSA) is 24.9 Å². The van der Waals surface area contributed by atoms with Crippen molar-refractivity contribution < 1.29 is 0 Å². The molecule has 2 rings (SSSR count). The normalized spacial score (nSPS) is 9.27. The molecule has 15 heavy (non-hydrogen) atoms. The van der Waals surface area contributed by atoms with E-state index in [4.69, 9.17) is 0 Å². The molecular weight excluding hydrogens is 204 g/mol. The Balaban J connectivity index is 0.000000531. The zero-order valence-electron chi connectivity index (χ0n) is 9.37. The van der Waals surface area contributed by atoms with Gasteiger partial charge in [-0.15, -0.1) is 11.3 Å². The highest BCUT2D eigenvalue weighted by atomic mass is 32.1. The van der Waals surface area contributed by atoms with Crippen LogP contribution in [0.1, 0.15) is 20.8 Å². The first-order valence-corrected chi connectivity index (χ1v) is 5.89. The molecule has 0 aliphatic carbocycles. The fourth-order valence-electron chi connectivity index (χ4n) is 1.18. The van der Waals surface area contributed by atoms with E-state index in [1.165, 1.54) is 4.70 Å². The van der Waals surface area contributed by atoms with Crippen LogP contribution in [0.15, 0.2) is 36.0 Å². The van der Waals surface area contributed by atoms with Crippen LogP contribution in [-0.2, 0) is 0 Å². The molecule has 2 aromatic rings. The zero-order chi connectivity index (χ0) is 11.3. The molecule has 0 radical (unpaired) electrons. The predicted octanol–water partition coefficient (Wildman–Crippen LogP) is 4.27. The van der Waals surface area contributed by atoms with E-state index in [-0.39, 0.29) is 0 Å². The average Bonchev–Trinajstić information content (AvgIpc) is 2.67. The molecule has 0 fully saturated rings. The predicted molar refractivity (Wildman–Crippen MR) is 69.4 cm³/mol. The molecule has 0 atom stereocenters. The van der Waals surface area contributed by atoms with Crippen LogP contribution in [0.4, 0.5) is 5.69 Å². The van der Waals surface area contributed by atoms with Gasteiger partial charge in [0.1, 0.15) is 0 Å². The standard InChI is InChI=1S/C10H10N2S.C2H6/c1-7(2)12-8-3-4-10-9(5-8)11-6-13-10;1-2/h3-6,12H,1H2,2H3;1-2H3. The highest BCUT2D eigenvalue weighted by Crippen LogP contribution is 2.21. The first-order chi connectivity index (χ1) is 7.25. The molecule has 0 saturated carbocycles. The van der Waals surface area contributed by atoms with Crippen molar-refractivity contribution in [1.82, 2.24) is 4.98 Å². The molecule has 1 aromatic heterocycles. The maximum absolute atomic E-state index is 4.24. The van der Waals surface area contributed by atoms with Crippen LogP contribution in [0, 0.1) is 0 Å². The molecule has 0 saturated heterocycles. The van der Waals surface area contributed by atoms with Crippen molar-refractivity contribution in [3.05, 3.63) is 36.0 Å². The van der Waals surface area contributed by atoms with Crippen LogP contribution in [-0.4, -0.2) is 4.98 Å². The molecule has 0 bridgehead atoms.